The number of benzene rings is 3. The number of hydrogen-bond acceptors (Lipinski definition) is 2. The molecule has 25 heavy (non-hydrogen) atoms. The summed E-state index contributed by atoms with van der Waals surface area (Å²) < 4.78 is 12.0. The molecule has 1 atom stereocenters. The molecule has 3 aromatic rings. The lowest BCUT2D eigenvalue weighted by atomic mass is 9.97. The van der Waals surface area contributed by atoms with E-state index in [1.165, 1.54) is 0 Å². The molecule has 0 aromatic heterocycles. The van der Waals surface area contributed by atoms with E-state index in [0.717, 1.165) is 28.0 Å². The van der Waals surface area contributed by atoms with E-state index in [2.05, 4.69) is 89.3 Å². The van der Waals surface area contributed by atoms with Gasteiger partial charge in [-0.3, -0.25) is 0 Å². The third-order valence-corrected chi connectivity index (χ3v) is 4.22. The van der Waals surface area contributed by atoms with Gasteiger partial charge in [0.25, 0.3) is 0 Å². The highest BCUT2D eigenvalue weighted by Gasteiger charge is 2.13. The average molecular weight is 444 g/mol. The summed E-state index contributed by atoms with van der Waals surface area (Å²) in [5, 5.41) is 0. The molecule has 0 amide bonds. The average Bonchev–Trinajstić information content (AvgIpc) is 2.66. The van der Waals surface area contributed by atoms with E-state index in [4.69, 9.17) is 9.47 Å². The van der Waals surface area contributed by atoms with Crippen LogP contribution >= 0.6 is 22.6 Å². The Hall–Kier alpha value is -1.85. The first-order valence-electron chi connectivity index (χ1n) is 8.38. The quantitative estimate of drug-likeness (QED) is 0.246. The van der Waals surface area contributed by atoms with Gasteiger partial charge in [-0.15, -0.1) is 0 Å². The van der Waals surface area contributed by atoms with Crippen molar-refractivity contribution >= 4 is 22.6 Å². The van der Waals surface area contributed by atoms with Crippen molar-refractivity contribution in [3.05, 3.63) is 78.9 Å². The third-order valence-electron chi connectivity index (χ3n) is 3.86. The van der Waals surface area contributed by atoms with Gasteiger partial charge in [-0.1, -0.05) is 101 Å². The smallest absolute Gasteiger partial charge is 0.135 e. The molecule has 128 valence electrons. The van der Waals surface area contributed by atoms with Gasteiger partial charge in [-0.2, -0.15) is 0 Å². The topological polar surface area (TPSA) is 18.5 Å². The molecular formula is C22H21IO2. The molecule has 3 heteroatoms. The minimum atomic E-state index is 0.180. The van der Waals surface area contributed by atoms with Gasteiger partial charge in [-0.25, -0.2) is 0 Å². The van der Waals surface area contributed by atoms with E-state index in [0.29, 0.717) is 13.2 Å². The molecule has 3 rings (SSSR count). The Labute approximate surface area is 162 Å². The summed E-state index contributed by atoms with van der Waals surface area (Å²) in [6.45, 7) is 3.12. The summed E-state index contributed by atoms with van der Waals surface area (Å²) in [5.74, 6) is 0.907. The van der Waals surface area contributed by atoms with Crippen LogP contribution in [0.1, 0.15) is 6.92 Å². The van der Waals surface area contributed by atoms with E-state index in [9.17, 15) is 0 Å². The van der Waals surface area contributed by atoms with Crippen LogP contribution in [0.2, 0.25) is 0 Å². The van der Waals surface area contributed by atoms with Crippen LogP contribution < -0.4 is 4.74 Å². The third kappa shape index (κ3) is 4.83. The normalized spacial score (nSPS) is 11.9. The Morgan fingerprint density at radius 3 is 1.72 bits per heavy atom. The van der Waals surface area contributed by atoms with Gasteiger partial charge < -0.3 is 9.47 Å². The van der Waals surface area contributed by atoms with Crippen molar-refractivity contribution in [1.29, 1.82) is 0 Å². The number of ether oxygens (including phenoxy) is 2. The van der Waals surface area contributed by atoms with Gasteiger partial charge in [0.2, 0.25) is 0 Å². The second kappa shape index (κ2) is 9.02. The highest BCUT2D eigenvalue weighted by atomic mass is 127. The first-order valence-corrected chi connectivity index (χ1v) is 9.62. The first kappa shape index (κ1) is 18.0. The van der Waals surface area contributed by atoms with Crippen LogP contribution in [0.3, 0.4) is 0 Å². The predicted molar refractivity (Wildman–Crippen MR) is 112 cm³/mol. The van der Waals surface area contributed by atoms with Crippen LogP contribution in [0.4, 0.5) is 0 Å². The number of hydrogen-bond donors (Lipinski definition) is 0. The Balaban J connectivity index is 1.97. The van der Waals surface area contributed by atoms with Crippen LogP contribution in [0.5, 0.6) is 5.75 Å². The van der Waals surface area contributed by atoms with Gasteiger partial charge in [0.15, 0.2) is 0 Å². The molecule has 0 bridgehead atoms. The Bertz CT molecular complexity index is 728. The zero-order valence-corrected chi connectivity index (χ0v) is 16.3. The van der Waals surface area contributed by atoms with Crippen molar-refractivity contribution < 1.29 is 9.47 Å². The fourth-order valence-electron chi connectivity index (χ4n) is 2.74. The fourth-order valence-corrected chi connectivity index (χ4v) is 2.99. The molecule has 0 aliphatic heterocycles. The lowest BCUT2D eigenvalue weighted by Gasteiger charge is -2.17. The van der Waals surface area contributed by atoms with E-state index >= 15 is 0 Å². The summed E-state index contributed by atoms with van der Waals surface area (Å²) in [7, 11) is 0. The molecule has 2 nitrogen and oxygen atoms in total. The number of alkyl halides is 1. The predicted octanol–water partition coefficient (Wildman–Crippen LogP) is 6.20. The molecular weight excluding hydrogens is 423 g/mol. The van der Waals surface area contributed by atoms with Crippen LogP contribution in [0.25, 0.3) is 22.3 Å². The van der Waals surface area contributed by atoms with Crippen LogP contribution in [-0.2, 0) is 4.74 Å². The van der Waals surface area contributed by atoms with Crippen molar-refractivity contribution in [3.63, 3.8) is 0 Å². The van der Waals surface area contributed by atoms with Gasteiger partial charge in [0.1, 0.15) is 16.5 Å². The molecule has 0 N–H and O–H groups in total. The van der Waals surface area contributed by atoms with Gasteiger partial charge in [0.05, 0.1) is 6.61 Å². The molecule has 0 radical (unpaired) electrons. The molecule has 0 aliphatic rings. The summed E-state index contributed by atoms with van der Waals surface area (Å²) in [5.41, 5.74) is 4.51. The molecule has 0 fully saturated rings. The van der Waals surface area contributed by atoms with Crippen molar-refractivity contribution in [2.24, 2.45) is 0 Å². The number of rotatable bonds is 7. The standard InChI is InChI=1S/C22H21IO2/c1-17(23)24-15-16-25-22-20(18-9-4-2-5-10-18)13-8-14-21(22)19-11-6-3-7-12-19/h2-14,17H,15-16H2,1H3. The van der Waals surface area contributed by atoms with E-state index < -0.39 is 0 Å². The second-order valence-corrected chi connectivity index (χ2v) is 7.43. The SMILES string of the molecule is CC(I)OCCOc1c(-c2ccccc2)cccc1-c1ccccc1. The van der Waals surface area contributed by atoms with Crippen molar-refractivity contribution in [1.82, 2.24) is 0 Å². The maximum absolute atomic E-state index is 6.20. The fraction of sp³-hybridized carbons (Fsp3) is 0.182. The molecule has 1 unspecified atom stereocenters. The minimum Gasteiger partial charge on any atom is -0.490 e. The molecule has 0 spiro atoms. The molecule has 0 heterocycles. The molecule has 0 aliphatic carbocycles. The van der Waals surface area contributed by atoms with E-state index in [1.807, 2.05) is 19.1 Å². The Kier molecular flexibility index (Phi) is 6.48. The second-order valence-electron chi connectivity index (χ2n) is 5.68. The molecule has 0 saturated heterocycles. The van der Waals surface area contributed by atoms with E-state index in [-0.39, 0.29) is 4.11 Å². The van der Waals surface area contributed by atoms with Crippen LogP contribution in [0.15, 0.2) is 78.9 Å². The zero-order valence-electron chi connectivity index (χ0n) is 14.2. The number of para-hydroxylation sites is 1. The van der Waals surface area contributed by atoms with Crippen molar-refractivity contribution in [2.45, 2.75) is 11.0 Å². The summed E-state index contributed by atoms with van der Waals surface area (Å²) in [6.07, 6.45) is 0. The van der Waals surface area contributed by atoms with Crippen LogP contribution in [-0.4, -0.2) is 17.3 Å². The van der Waals surface area contributed by atoms with Gasteiger partial charge in [-0.05, 0) is 18.1 Å². The minimum absolute atomic E-state index is 0.180. The summed E-state index contributed by atoms with van der Waals surface area (Å²) >= 11 is 2.25. The largest absolute Gasteiger partial charge is 0.490 e. The van der Waals surface area contributed by atoms with E-state index in [1.54, 1.807) is 0 Å². The maximum Gasteiger partial charge on any atom is 0.135 e. The van der Waals surface area contributed by atoms with Crippen molar-refractivity contribution in [2.75, 3.05) is 13.2 Å². The Morgan fingerprint density at radius 2 is 1.24 bits per heavy atom. The highest BCUT2D eigenvalue weighted by Crippen LogP contribution is 2.38. The van der Waals surface area contributed by atoms with Crippen molar-refractivity contribution in [3.8, 4) is 28.0 Å². The molecule has 3 aromatic carbocycles. The monoisotopic (exact) mass is 444 g/mol. The maximum atomic E-state index is 6.20. The van der Waals surface area contributed by atoms with Gasteiger partial charge >= 0.3 is 0 Å². The number of halogens is 1. The molecule has 0 saturated carbocycles. The lowest BCUT2D eigenvalue weighted by molar-refractivity contribution is 0.100. The summed E-state index contributed by atoms with van der Waals surface area (Å²) in [6, 6.07) is 27.0. The zero-order chi connectivity index (χ0) is 17.5. The lowest BCUT2D eigenvalue weighted by Crippen LogP contribution is -2.10. The highest BCUT2D eigenvalue weighted by molar-refractivity contribution is 14.1. The first-order chi connectivity index (χ1) is 12.3. The Morgan fingerprint density at radius 1 is 0.720 bits per heavy atom. The van der Waals surface area contributed by atoms with Gasteiger partial charge in [0, 0.05) is 11.1 Å². The van der Waals surface area contributed by atoms with Crippen LogP contribution in [0, 0.1) is 0 Å². The summed E-state index contributed by atoms with van der Waals surface area (Å²) in [4.78, 5) is 0.